The standard InChI is InChI=1S/C7H14BrNO3/c1-2-6(8)7(12)9-3-5(11)4-10/h5-6,10-11H,2-4H2,1H3,(H,9,12). The van der Waals surface area contributed by atoms with Gasteiger partial charge in [0.05, 0.1) is 17.5 Å². The van der Waals surface area contributed by atoms with Crippen LogP contribution in [0.4, 0.5) is 0 Å². The van der Waals surface area contributed by atoms with Gasteiger partial charge in [0.15, 0.2) is 0 Å². The second-order valence-electron chi connectivity index (χ2n) is 2.46. The minimum atomic E-state index is -0.870. The topological polar surface area (TPSA) is 69.6 Å². The number of nitrogens with one attached hydrogen (secondary N) is 1. The molecule has 0 rings (SSSR count). The van der Waals surface area contributed by atoms with Crippen molar-refractivity contribution in [1.82, 2.24) is 5.32 Å². The van der Waals surface area contributed by atoms with Crippen molar-refractivity contribution < 1.29 is 15.0 Å². The van der Waals surface area contributed by atoms with Crippen molar-refractivity contribution in [2.45, 2.75) is 24.3 Å². The van der Waals surface area contributed by atoms with Crippen LogP contribution in [0.1, 0.15) is 13.3 Å². The van der Waals surface area contributed by atoms with Crippen LogP contribution in [-0.4, -0.2) is 40.2 Å². The summed E-state index contributed by atoms with van der Waals surface area (Å²) >= 11 is 3.16. The van der Waals surface area contributed by atoms with Gasteiger partial charge in [-0.3, -0.25) is 4.79 Å². The fourth-order valence-corrected chi connectivity index (χ4v) is 0.741. The van der Waals surface area contributed by atoms with Gasteiger partial charge in [-0.15, -0.1) is 0 Å². The molecular weight excluding hydrogens is 226 g/mol. The van der Waals surface area contributed by atoms with Gasteiger partial charge >= 0.3 is 0 Å². The molecule has 0 spiro atoms. The summed E-state index contributed by atoms with van der Waals surface area (Å²) in [4.78, 5) is 10.8. The summed E-state index contributed by atoms with van der Waals surface area (Å²) in [6, 6.07) is 0. The van der Waals surface area contributed by atoms with Crippen LogP contribution in [0.25, 0.3) is 0 Å². The first-order valence-corrected chi connectivity index (χ1v) is 4.74. The summed E-state index contributed by atoms with van der Waals surface area (Å²) in [5.74, 6) is -0.162. The molecule has 12 heavy (non-hydrogen) atoms. The Labute approximate surface area is 80.1 Å². The number of halogens is 1. The zero-order chi connectivity index (χ0) is 9.56. The number of aliphatic hydroxyl groups is 2. The molecule has 0 radical (unpaired) electrons. The van der Waals surface area contributed by atoms with Gasteiger partial charge in [0.25, 0.3) is 0 Å². The van der Waals surface area contributed by atoms with Crippen molar-refractivity contribution in [2.75, 3.05) is 13.2 Å². The molecule has 0 aromatic heterocycles. The highest BCUT2D eigenvalue weighted by Crippen LogP contribution is 2.03. The zero-order valence-electron chi connectivity index (χ0n) is 6.96. The van der Waals surface area contributed by atoms with E-state index < -0.39 is 6.10 Å². The Hall–Kier alpha value is -0.130. The molecule has 0 saturated carbocycles. The fourth-order valence-electron chi connectivity index (χ4n) is 0.579. The van der Waals surface area contributed by atoms with Gasteiger partial charge in [-0.1, -0.05) is 22.9 Å². The Morgan fingerprint density at radius 1 is 1.67 bits per heavy atom. The predicted octanol–water partition coefficient (Wildman–Crippen LogP) is -0.371. The Kier molecular flexibility index (Phi) is 6.32. The normalized spacial score (nSPS) is 15.3. The van der Waals surface area contributed by atoms with Crippen molar-refractivity contribution in [2.24, 2.45) is 0 Å². The molecule has 0 aliphatic rings. The Balaban J connectivity index is 3.56. The lowest BCUT2D eigenvalue weighted by Crippen LogP contribution is -2.37. The van der Waals surface area contributed by atoms with Gasteiger partial charge in [-0.05, 0) is 6.42 Å². The first-order valence-electron chi connectivity index (χ1n) is 3.82. The van der Waals surface area contributed by atoms with Crippen LogP contribution in [0.15, 0.2) is 0 Å². The molecule has 0 fully saturated rings. The monoisotopic (exact) mass is 239 g/mol. The number of hydrogen-bond donors (Lipinski definition) is 3. The third kappa shape index (κ3) is 4.69. The SMILES string of the molecule is CCC(Br)C(=O)NCC(O)CO. The quantitative estimate of drug-likeness (QED) is 0.574. The maximum absolute atomic E-state index is 11.0. The molecule has 1 amide bonds. The van der Waals surface area contributed by atoms with Crippen LogP contribution in [0, 0.1) is 0 Å². The second-order valence-corrected chi connectivity index (χ2v) is 3.56. The van der Waals surface area contributed by atoms with Crippen LogP contribution >= 0.6 is 15.9 Å². The van der Waals surface area contributed by atoms with Gasteiger partial charge in [0.1, 0.15) is 0 Å². The van der Waals surface area contributed by atoms with Crippen LogP contribution < -0.4 is 5.32 Å². The summed E-state index contributed by atoms with van der Waals surface area (Å²) in [5.41, 5.74) is 0. The van der Waals surface area contributed by atoms with Crippen LogP contribution in [0.3, 0.4) is 0 Å². The summed E-state index contributed by atoms with van der Waals surface area (Å²) < 4.78 is 0. The van der Waals surface area contributed by atoms with E-state index in [1.165, 1.54) is 0 Å². The Morgan fingerprint density at radius 2 is 2.25 bits per heavy atom. The van der Waals surface area contributed by atoms with E-state index in [0.29, 0.717) is 6.42 Å². The minimum Gasteiger partial charge on any atom is -0.394 e. The number of rotatable bonds is 5. The molecular formula is C7H14BrNO3. The molecule has 0 aliphatic carbocycles. The highest BCUT2D eigenvalue weighted by atomic mass is 79.9. The summed E-state index contributed by atoms with van der Waals surface area (Å²) in [5, 5.41) is 19.8. The predicted molar refractivity (Wildman–Crippen MR) is 49.1 cm³/mol. The minimum absolute atomic E-state index is 0.0947. The van der Waals surface area contributed by atoms with Crippen LogP contribution in [0.2, 0.25) is 0 Å². The fraction of sp³-hybridized carbons (Fsp3) is 0.857. The third-order valence-electron chi connectivity index (χ3n) is 1.37. The van der Waals surface area contributed by atoms with Gasteiger partial charge in [0, 0.05) is 6.54 Å². The molecule has 4 nitrogen and oxygen atoms in total. The largest absolute Gasteiger partial charge is 0.394 e. The van der Waals surface area contributed by atoms with E-state index in [9.17, 15) is 4.79 Å². The number of aliphatic hydroxyl groups excluding tert-OH is 2. The molecule has 0 aromatic carbocycles. The molecule has 2 unspecified atom stereocenters. The van der Waals surface area contributed by atoms with Crippen molar-refractivity contribution in [3.8, 4) is 0 Å². The lowest BCUT2D eigenvalue weighted by Gasteiger charge is -2.11. The van der Waals surface area contributed by atoms with E-state index >= 15 is 0 Å². The van der Waals surface area contributed by atoms with Gasteiger partial charge in [0.2, 0.25) is 5.91 Å². The third-order valence-corrected chi connectivity index (χ3v) is 2.43. The van der Waals surface area contributed by atoms with Crippen molar-refractivity contribution in [1.29, 1.82) is 0 Å². The molecule has 0 bridgehead atoms. The number of carbonyl (C=O) groups excluding carboxylic acids is 1. The number of hydrogen-bond acceptors (Lipinski definition) is 3. The highest BCUT2D eigenvalue weighted by Gasteiger charge is 2.12. The maximum Gasteiger partial charge on any atom is 0.233 e. The van der Waals surface area contributed by atoms with E-state index in [1.807, 2.05) is 6.92 Å². The van der Waals surface area contributed by atoms with Crippen molar-refractivity contribution in [3.63, 3.8) is 0 Å². The smallest absolute Gasteiger partial charge is 0.233 e. The Bertz CT molecular complexity index is 143. The molecule has 0 aromatic rings. The average molecular weight is 240 g/mol. The van der Waals surface area contributed by atoms with Gasteiger partial charge in [-0.2, -0.15) is 0 Å². The van der Waals surface area contributed by atoms with Gasteiger partial charge in [-0.25, -0.2) is 0 Å². The number of carbonyl (C=O) groups is 1. The molecule has 0 heterocycles. The van der Waals surface area contributed by atoms with E-state index in [1.54, 1.807) is 0 Å². The van der Waals surface area contributed by atoms with E-state index in [0.717, 1.165) is 0 Å². The molecule has 2 atom stereocenters. The number of alkyl halides is 1. The lowest BCUT2D eigenvalue weighted by molar-refractivity contribution is -0.121. The first kappa shape index (κ1) is 11.9. The van der Waals surface area contributed by atoms with Crippen LogP contribution in [-0.2, 0) is 4.79 Å². The molecule has 5 heteroatoms. The summed E-state index contributed by atoms with van der Waals surface area (Å²) in [6.45, 7) is 1.64. The summed E-state index contributed by atoms with van der Waals surface area (Å²) in [7, 11) is 0. The maximum atomic E-state index is 11.0. The highest BCUT2D eigenvalue weighted by molar-refractivity contribution is 9.10. The Morgan fingerprint density at radius 3 is 2.67 bits per heavy atom. The van der Waals surface area contributed by atoms with E-state index in [2.05, 4.69) is 21.2 Å². The molecule has 0 saturated heterocycles. The van der Waals surface area contributed by atoms with Crippen LogP contribution in [0.5, 0.6) is 0 Å². The van der Waals surface area contributed by atoms with E-state index in [-0.39, 0.29) is 23.9 Å². The molecule has 72 valence electrons. The molecule has 3 N–H and O–H groups in total. The number of amides is 1. The van der Waals surface area contributed by atoms with Gasteiger partial charge < -0.3 is 15.5 Å². The van der Waals surface area contributed by atoms with E-state index in [4.69, 9.17) is 10.2 Å². The lowest BCUT2D eigenvalue weighted by atomic mass is 10.3. The van der Waals surface area contributed by atoms with Crippen molar-refractivity contribution in [3.05, 3.63) is 0 Å². The van der Waals surface area contributed by atoms with Crippen molar-refractivity contribution >= 4 is 21.8 Å². The second kappa shape index (κ2) is 6.39. The zero-order valence-corrected chi connectivity index (χ0v) is 8.54. The first-order chi connectivity index (χ1) is 5.61. The molecule has 0 aliphatic heterocycles. The average Bonchev–Trinajstić information content (AvgIpc) is 2.11. The summed E-state index contributed by atoms with van der Waals surface area (Å²) in [6.07, 6.45) is -0.174.